The maximum atomic E-state index is 13.2. The largest absolute Gasteiger partial charge is 0.466 e. The number of halogens is 3. The van der Waals surface area contributed by atoms with Gasteiger partial charge < -0.3 is 15.2 Å². The van der Waals surface area contributed by atoms with Gasteiger partial charge in [-0.25, -0.2) is 9.59 Å². The number of esters is 1. The molecule has 0 aliphatic carbocycles. The number of carbonyl (C=O) groups is 2. The van der Waals surface area contributed by atoms with Crippen molar-refractivity contribution in [2.75, 3.05) is 19.1 Å². The van der Waals surface area contributed by atoms with E-state index in [1.54, 1.807) is 13.8 Å². The summed E-state index contributed by atoms with van der Waals surface area (Å²) in [5, 5.41) is 12.3. The zero-order chi connectivity index (χ0) is 18.7. The van der Waals surface area contributed by atoms with Crippen LogP contribution in [0, 0.1) is 0 Å². The third-order valence-electron chi connectivity index (χ3n) is 3.40. The van der Waals surface area contributed by atoms with E-state index in [4.69, 9.17) is 0 Å². The molecule has 0 aliphatic rings. The number of methoxy groups -OCH3 is 1. The molecule has 2 N–H and O–H groups in total. The Labute approximate surface area is 137 Å². The minimum absolute atomic E-state index is 0.266. The van der Waals surface area contributed by atoms with Crippen LogP contribution in [0.25, 0.3) is 0 Å². The molecule has 0 bridgehead atoms. The van der Waals surface area contributed by atoms with Crippen molar-refractivity contribution < 1.29 is 32.6 Å². The van der Waals surface area contributed by atoms with Crippen LogP contribution in [0.2, 0.25) is 0 Å². The number of aliphatic hydroxyl groups is 1. The van der Waals surface area contributed by atoms with Gasteiger partial charge in [-0.3, -0.25) is 4.90 Å². The molecular weight excluding hydrogens is 329 g/mol. The summed E-state index contributed by atoms with van der Waals surface area (Å²) in [6.07, 6.45) is -5.26. The van der Waals surface area contributed by atoms with Crippen molar-refractivity contribution in [3.63, 3.8) is 0 Å². The average molecular weight is 348 g/mol. The molecule has 1 rings (SSSR count). The van der Waals surface area contributed by atoms with Gasteiger partial charge in [0.05, 0.1) is 7.11 Å². The van der Waals surface area contributed by atoms with Crippen molar-refractivity contribution in [2.45, 2.75) is 31.7 Å². The number of nitrogens with zero attached hydrogens (tertiary/aromatic N) is 1. The Bertz CT molecular complexity index is 602. The number of benzene rings is 1. The van der Waals surface area contributed by atoms with E-state index in [2.05, 4.69) is 10.1 Å². The Morgan fingerprint density at radius 3 is 2.04 bits per heavy atom. The third-order valence-corrected chi connectivity index (χ3v) is 3.40. The number of ether oxygens (including phenoxy) is 1. The highest BCUT2D eigenvalue weighted by Crippen LogP contribution is 2.40. The fraction of sp³-hybridized carbons (Fsp3) is 0.467. The van der Waals surface area contributed by atoms with E-state index in [0.717, 1.165) is 19.2 Å². The Morgan fingerprint density at radius 2 is 1.71 bits per heavy atom. The van der Waals surface area contributed by atoms with Crippen LogP contribution in [-0.4, -0.2) is 43.5 Å². The molecule has 0 aromatic heterocycles. The van der Waals surface area contributed by atoms with Crippen molar-refractivity contribution in [3.8, 4) is 0 Å². The van der Waals surface area contributed by atoms with E-state index in [1.165, 1.54) is 24.1 Å². The Hall–Kier alpha value is -2.29. The first kappa shape index (κ1) is 19.8. The van der Waals surface area contributed by atoms with E-state index in [-0.39, 0.29) is 6.04 Å². The number of amides is 2. The van der Waals surface area contributed by atoms with Gasteiger partial charge >= 0.3 is 18.2 Å². The molecule has 134 valence electrons. The van der Waals surface area contributed by atoms with Crippen molar-refractivity contribution in [1.29, 1.82) is 0 Å². The summed E-state index contributed by atoms with van der Waals surface area (Å²) >= 11 is 0. The third kappa shape index (κ3) is 3.45. The van der Waals surface area contributed by atoms with E-state index < -0.39 is 29.3 Å². The summed E-state index contributed by atoms with van der Waals surface area (Å²) < 4.78 is 43.6. The molecule has 1 aromatic rings. The molecule has 6 nitrogen and oxygen atoms in total. The van der Waals surface area contributed by atoms with E-state index in [1.807, 2.05) is 0 Å². The van der Waals surface area contributed by atoms with Gasteiger partial charge in [-0.05, 0) is 26.0 Å². The standard InChI is InChI=1S/C15H19F3N2O4/c1-9(2)20(13(22)19-3)11-7-5-10(6-8-11)14(23,12(21)24-4)15(16,17)18/h5-9,23H,1-4H3,(H,19,22)/t14-/m1/s1. The summed E-state index contributed by atoms with van der Waals surface area (Å²) in [5.74, 6) is -1.84. The van der Waals surface area contributed by atoms with Crippen LogP contribution in [0.3, 0.4) is 0 Å². The monoisotopic (exact) mass is 348 g/mol. The summed E-state index contributed by atoms with van der Waals surface area (Å²) in [4.78, 5) is 24.7. The molecule has 0 heterocycles. The summed E-state index contributed by atoms with van der Waals surface area (Å²) in [6.45, 7) is 3.45. The van der Waals surface area contributed by atoms with Crippen LogP contribution in [0.5, 0.6) is 0 Å². The van der Waals surface area contributed by atoms with Gasteiger partial charge in [-0.15, -0.1) is 0 Å². The smallest absolute Gasteiger partial charge is 0.432 e. The lowest BCUT2D eigenvalue weighted by Gasteiger charge is -2.29. The van der Waals surface area contributed by atoms with Gasteiger partial charge in [0.1, 0.15) is 0 Å². The molecule has 9 heteroatoms. The zero-order valence-corrected chi connectivity index (χ0v) is 13.6. The molecule has 1 atom stereocenters. The molecule has 1 aromatic carbocycles. The number of rotatable bonds is 4. The van der Waals surface area contributed by atoms with Crippen LogP contribution < -0.4 is 10.2 Å². The molecule has 2 amide bonds. The SMILES string of the molecule is CNC(=O)N(c1ccc([C@@](O)(C(=O)OC)C(F)(F)F)cc1)C(C)C. The quantitative estimate of drug-likeness (QED) is 0.818. The maximum absolute atomic E-state index is 13.2. The van der Waals surface area contributed by atoms with Crippen molar-refractivity contribution in [1.82, 2.24) is 5.32 Å². The van der Waals surface area contributed by atoms with Gasteiger partial charge in [0.2, 0.25) is 0 Å². The predicted molar refractivity (Wildman–Crippen MR) is 80.5 cm³/mol. The summed E-state index contributed by atoms with van der Waals surface area (Å²) in [7, 11) is 2.17. The topological polar surface area (TPSA) is 78.9 Å². The zero-order valence-electron chi connectivity index (χ0n) is 13.6. The van der Waals surface area contributed by atoms with Crippen molar-refractivity contribution in [3.05, 3.63) is 29.8 Å². The van der Waals surface area contributed by atoms with Crippen molar-refractivity contribution >= 4 is 17.7 Å². The summed E-state index contributed by atoms with van der Waals surface area (Å²) in [6, 6.07) is 3.57. The minimum atomic E-state index is -5.26. The van der Waals surface area contributed by atoms with Crippen LogP contribution in [0.15, 0.2) is 24.3 Å². The molecule has 0 aliphatic heterocycles. The van der Waals surface area contributed by atoms with E-state index >= 15 is 0 Å². The summed E-state index contributed by atoms with van der Waals surface area (Å²) in [5.41, 5.74) is -4.18. The number of carbonyl (C=O) groups excluding carboxylic acids is 2. The molecule has 0 radical (unpaired) electrons. The number of alkyl halides is 3. The lowest BCUT2D eigenvalue weighted by molar-refractivity contribution is -0.266. The highest BCUT2D eigenvalue weighted by Gasteiger charge is 2.62. The highest BCUT2D eigenvalue weighted by atomic mass is 19.4. The number of hydrogen-bond acceptors (Lipinski definition) is 4. The average Bonchev–Trinajstić information content (AvgIpc) is 2.52. The van der Waals surface area contributed by atoms with Gasteiger partial charge in [-0.1, -0.05) is 12.1 Å². The molecule has 24 heavy (non-hydrogen) atoms. The Balaban J connectivity index is 3.35. The van der Waals surface area contributed by atoms with Crippen LogP contribution in [0.1, 0.15) is 19.4 Å². The normalized spacial score (nSPS) is 14.0. The predicted octanol–water partition coefficient (Wildman–Crippen LogP) is 2.16. The fourth-order valence-corrected chi connectivity index (χ4v) is 2.18. The van der Waals surface area contributed by atoms with Gasteiger partial charge in [-0.2, -0.15) is 13.2 Å². The first-order valence-electron chi connectivity index (χ1n) is 6.99. The number of hydrogen-bond donors (Lipinski definition) is 2. The lowest BCUT2D eigenvalue weighted by Crippen LogP contribution is -2.50. The molecule has 0 saturated carbocycles. The van der Waals surface area contributed by atoms with Crippen LogP contribution in [0.4, 0.5) is 23.7 Å². The highest BCUT2D eigenvalue weighted by molar-refractivity contribution is 5.92. The number of anilines is 1. The minimum Gasteiger partial charge on any atom is -0.466 e. The van der Waals surface area contributed by atoms with Gasteiger partial charge in [0.15, 0.2) is 0 Å². The lowest BCUT2D eigenvalue weighted by atomic mass is 9.93. The van der Waals surface area contributed by atoms with Crippen LogP contribution >= 0.6 is 0 Å². The van der Waals surface area contributed by atoms with Crippen LogP contribution in [-0.2, 0) is 15.1 Å². The molecule has 0 saturated heterocycles. The fourth-order valence-electron chi connectivity index (χ4n) is 2.18. The van der Waals surface area contributed by atoms with E-state index in [0.29, 0.717) is 5.69 Å². The Kier molecular flexibility index (Phi) is 5.83. The second-order valence-corrected chi connectivity index (χ2v) is 5.27. The van der Waals surface area contributed by atoms with Gasteiger partial charge in [0.25, 0.3) is 5.60 Å². The second kappa shape index (κ2) is 7.08. The first-order valence-corrected chi connectivity index (χ1v) is 6.99. The second-order valence-electron chi connectivity index (χ2n) is 5.27. The molecule has 0 unspecified atom stereocenters. The molecular formula is C15H19F3N2O4. The molecule has 0 spiro atoms. The molecule has 0 fully saturated rings. The maximum Gasteiger partial charge on any atom is 0.432 e. The van der Waals surface area contributed by atoms with E-state index in [9.17, 15) is 27.9 Å². The van der Waals surface area contributed by atoms with Crippen molar-refractivity contribution in [2.24, 2.45) is 0 Å². The first-order chi connectivity index (χ1) is 11.0. The van der Waals surface area contributed by atoms with Gasteiger partial charge in [0, 0.05) is 24.3 Å². The number of urea groups is 1. The number of nitrogens with one attached hydrogen (secondary N) is 1. The Morgan fingerprint density at radius 1 is 1.21 bits per heavy atom.